The molecule has 1 unspecified atom stereocenters. The average molecular weight is 450 g/mol. The van der Waals surface area contributed by atoms with E-state index < -0.39 is 51.8 Å². The molecule has 0 aromatic rings. The summed E-state index contributed by atoms with van der Waals surface area (Å²) in [6.07, 6.45) is 2.38. The van der Waals surface area contributed by atoms with Crippen molar-refractivity contribution in [1.29, 1.82) is 0 Å². The van der Waals surface area contributed by atoms with Crippen molar-refractivity contribution in [3.05, 3.63) is 11.0 Å². The van der Waals surface area contributed by atoms with E-state index in [1.165, 1.54) is 6.08 Å². The van der Waals surface area contributed by atoms with Gasteiger partial charge >= 0.3 is 127 Å². The molecule has 1 rings (SSSR count). The summed E-state index contributed by atoms with van der Waals surface area (Å²) in [5.41, 5.74) is 0. The molecule has 0 amide bonds. The van der Waals surface area contributed by atoms with Gasteiger partial charge in [-0.15, -0.1) is 0 Å². The number of hydrogen-bond acceptors (Lipinski definition) is 6. The summed E-state index contributed by atoms with van der Waals surface area (Å²) in [6, 6.07) is 0. The van der Waals surface area contributed by atoms with E-state index in [4.69, 9.17) is 14.5 Å². The fraction of sp³-hybridized carbons (Fsp3) is 0.444. The molecule has 0 aromatic carbocycles. The molecule has 0 aliphatic carbocycles. The van der Waals surface area contributed by atoms with Crippen LogP contribution in [0, 0.1) is 0 Å². The average Bonchev–Trinajstić information content (AvgIpc) is 2.73. The van der Waals surface area contributed by atoms with E-state index in [1.807, 2.05) is 0 Å². The first kappa shape index (κ1) is 17.0. The van der Waals surface area contributed by atoms with Gasteiger partial charge in [0, 0.05) is 0 Å². The van der Waals surface area contributed by atoms with E-state index >= 15 is 0 Å². The standard InChI is InChI=1S/C9H12Ge3O7/c13-7-1-4-10-18-12(6-3-9(16)17-12)19-11-5-2-8(14)15/h1,4,7H,2-3,5-6H2,(H,14,15)/b4-1+. The molecule has 1 saturated heterocycles. The molecule has 10 heteroatoms. The zero-order valence-corrected chi connectivity index (χ0v) is 16.3. The number of carbonyl (C=O) groups excluding carboxylic acids is 2. The molecule has 7 nitrogen and oxygen atoms in total. The fourth-order valence-electron chi connectivity index (χ4n) is 1.22. The zero-order valence-electron chi connectivity index (χ0n) is 9.96. The van der Waals surface area contributed by atoms with Gasteiger partial charge in [0.2, 0.25) is 0 Å². The Morgan fingerprint density at radius 3 is 2.89 bits per heavy atom. The predicted octanol–water partition coefficient (Wildman–Crippen LogP) is -0.251. The van der Waals surface area contributed by atoms with Crippen LogP contribution in [0.4, 0.5) is 0 Å². The van der Waals surface area contributed by atoms with Gasteiger partial charge in [-0.3, -0.25) is 0 Å². The van der Waals surface area contributed by atoms with Gasteiger partial charge in [-0.25, -0.2) is 0 Å². The van der Waals surface area contributed by atoms with Crippen molar-refractivity contribution in [2.24, 2.45) is 0 Å². The minimum atomic E-state index is -3.47. The van der Waals surface area contributed by atoms with E-state index in [0.717, 1.165) is 0 Å². The van der Waals surface area contributed by atoms with Crippen molar-refractivity contribution in [2.75, 3.05) is 0 Å². The third kappa shape index (κ3) is 6.75. The van der Waals surface area contributed by atoms with E-state index in [-0.39, 0.29) is 12.4 Å². The number of allylic oxidation sites excluding steroid dienone is 1. The summed E-state index contributed by atoms with van der Waals surface area (Å²) < 4.78 is 16.6. The molecule has 0 aromatic heterocycles. The second kappa shape index (κ2) is 8.95. The summed E-state index contributed by atoms with van der Waals surface area (Å²) in [5, 5.41) is 9.51. The van der Waals surface area contributed by atoms with Gasteiger partial charge in [0.25, 0.3) is 0 Å². The van der Waals surface area contributed by atoms with Gasteiger partial charge in [-0.1, -0.05) is 0 Å². The molecule has 0 saturated carbocycles. The summed E-state index contributed by atoms with van der Waals surface area (Å²) in [7, 11) is 0. The van der Waals surface area contributed by atoms with E-state index in [1.54, 1.807) is 4.91 Å². The third-order valence-electron chi connectivity index (χ3n) is 2.03. The molecule has 1 aliphatic heterocycles. The Hall–Kier alpha value is -0.101. The normalized spacial score (nSPS) is 22.6. The number of aldehydes is 1. The fourth-order valence-corrected chi connectivity index (χ4v) is 18.5. The van der Waals surface area contributed by atoms with Gasteiger partial charge in [0.1, 0.15) is 0 Å². The second-order valence-corrected chi connectivity index (χ2v) is 16.0. The van der Waals surface area contributed by atoms with Gasteiger partial charge in [-0.05, 0) is 0 Å². The van der Waals surface area contributed by atoms with Gasteiger partial charge in [0.05, 0.1) is 0 Å². The molecule has 1 aliphatic rings. The Kier molecular flexibility index (Phi) is 7.98. The molecule has 102 valence electrons. The number of hydrogen-bond donors (Lipinski definition) is 1. The number of carboxylic acid groups (broad SMARTS) is 1. The van der Waals surface area contributed by atoms with Crippen molar-refractivity contribution in [2.45, 2.75) is 23.3 Å². The summed E-state index contributed by atoms with van der Waals surface area (Å²) in [6.45, 7) is 0. The molecule has 1 heterocycles. The first-order valence-corrected chi connectivity index (χ1v) is 13.9. The minimum absolute atomic E-state index is 0.0631. The van der Waals surface area contributed by atoms with Crippen molar-refractivity contribution < 1.29 is 28.8 Å². The topological polar surface area (TPSA) is 99.1 Å². The van der Waals surface area contributed by atoms with Gasteiger partial charge < -0.3 is 0 Å². The van der Waals surface area contributed by atoms with E-state index in [9.17, 15) is 14.4 Å². The molecule has 1 atom stereocenters. The van der Waals surface area contributed by atoms with Crippen LogP contribution in [-0.4, -0.2) is 69.1 Å². The van der Waals surface area contributed by atoms with Crippen molar-refractivity contribution in [3.63, 3.8) is 0 Å². The van der Waals surface area contributed by atoms with Crippen LogP contribution in [0.2, 0.25) is 10.5 Å². The van der Waals surface area contributed by atoms with Crippen molar-refractivity contribution >= 4 is 64.0 Å². The van der Waals surface area contributed by atoms with E-state index in [0.29, 0.717) is 23.2 Å². The molecular formula is C9H12Ge3O7. The maximum atomic E-state index is 11.2. The molecule has 0 bridgehead atoms. The quantitative estimate of drug-likeness (QED) is 0.224. The first-order valence-electron chi connectivity index (χ1n) is 5.46. The predicted molar refractivity (Wildman–Crippen MR) is 67.2 cm³/mol. The van der Waals surface area contributed by atoms with Crippen LogP contribution in [0.5, 0.6) is 0 Å². The van der Waals surface area contributed by atoms with Crippen molar-refractivity contribution in [1.82, 2.24) is 0 Å². The number of carbonyl (C=O) groups is 3. The number of rotatable bonds is 9. The Labute approximate surface area is 127 Å². The molecule has 1 N–H and O–H groups in total. The first-order chi connectivity index (χ1) is 9.08. The monoisotopic (exact) mass is 454 g/mol. The van der Waals surface area contributed by atoms with Gasteiger partial charge in [0.15, 0.2) is 0 Å². The molecule has 4 radical (unpaired) electrons. The van der Waals surface area contributed by atoms with Crippen LogP contribution in [0.25, 0.3) is 0 Å². The van der Waals surface area contributed by atoms with Crippen LogP contribution < -0.4 is 0 Å². The number of carboxylic acids is 1. The molecular weight excluding hydrogens is 438 g/mol. The van der Waals surface area contributed by atoms with Crippen molar-refractivity contribution in [3.8, 4) is 0 Å². The Morgan fingerprint density at radius 2 is 2.32 bits per heavy atom. The van der Waals surface area contributed by atoms with E-state index in [2.05, 4.69) is 0 Å². The summed E-state index contributed by atoms with van der Waals surface area (Å²) in [4.78, 5) is 33.4. The van der Waals surface area contributed by atoms with Crippen LogP contribution in [0.3, 0.4) is 0 Å². The Bertz CT molecular complexity index is 373. The Morgan fingerprint density at radius 1 is 1.53 bits per heavy atom. The molecule has 0 spiro atoms. The Balaban J connectivity index is 2.41. The SMILES string of the molecule is O=C/C=[CH]/[Ge][O][Ge]1([O][Ge][CH2]CC(=O)O)[CH2]CC(=O)[O]1. The van der Waals surface area contributed by atoms with Crippen LogP contribution in [0.1, 0.15) is 12.8 Å². The van der Waals surface area contributed by atoms with Gasteiger partial charge in [-0.2, -0.15) is 0 Å². The van der Waals surface area contributed by atoms with Crippen LogP contribution in [0.15, 0.2) is 11.0 Å². The molecule has 1 fully saturated rings. The molecule has 19 heavy (non-hydrogen) atoms. The maximum absolute atomic E-state index is 11.2. The van der Waals surface area contributed by atoms with Crippen LogP contribution >= 0.6 is 0 Å². The number of aliphatic carboxylic acids is 1. The third-order valence-corrected chi connectivity index (χ3v) is 18.1. The summed E-state index contributed by atoms with van der Waals surface area (Å²) >= 11 is -5.35. The van der Waals surface area contributed by atoms with Crippen LogP contribution in [-0.2, 0) is 23.7 Å². The summed E-state index contributed by atoms with van der Waals surface area (Å²) in [5.74, 6) is -1.17. The second-order valence-electron chi connectivity index (χ2n) is 3.51. The zero-order chi connectivity index (χ0) is 14.1.